The molecule has 0 radical (unpaired) electrons. The van der Waals surface area contributed by atoms with Gasteiger partial charge in [-0.15, -0.1) is 0 Å². The number of hydrogen-bond donors (Lipinski definition) is 1. The molecule has 0 saturated carbocycles. The van der Waals surface area contributed by atoms with Crippen LogP contribution in [0.15, 0.2) is 18.2 Å². The topological polar surface area (TPSA) is 83.6 Å². The number of hydrogen-bond acceptors (Lipinski definition) is 4. The number of rotatable bonds is 5. The normalized spacial score (nSPS) is 19.0. The fourth-order valence-corrected chi connectivity index (χ4v) is 4.64. The number of carbonyl (C=O) groups is 2. The summed E-state index contributed by atoms with van der Waals surface area (Å²) in [5, 5.41) is 3.26. The lowest BCUT2D eigenvalue weighted by molar-refractivity contribution is -0.121. The predicted molar refractivity (Wildman–Crippen MR) is 94.3 cm³/mol. The third kappa shape index (κ3) is 4.84. The largest absolute Gasteiger partial charge is 0.352 e. The molecule has 9 heteroatoms. The second-order valence-corrected chi connectivity index (χ2v) is 8.67. The molecule has 1 aliphatic rings. The summed E-state index contributed by atoms with van der Waals surface area (Å²) in [5.41, 5.74) is 0.438. The van der Waals surface area contributed by atoms with E-state index in [0.717, 1.165) is 0 Å². The zero-order chi connectivity index (χ0) is 17.9. The van der Waals surface area contributed by atoms with Gasteiger partial charge in [0.25, 0.3) is 0 Å². The highest BCUT2D eigenvalue weighted by Crippen LogP contribution is 2.32. The maximum absolute atomic E-state index is 12.0. The van der Waals surface area contributed by atoms with E-state index >= 15 is 0 Å². The SMILES string of the molecule is CC(=O)N(CCC(=O)NC1CCS(=O)(=O)C1)c1cccc(Cl)c1Cl. The first-order valence-corrected chi connectivity index (χ1v) is 9.99. The number of benzene rings is 1. The van der Waals surface area contributed by atoms with Crippen molar-refractivity contribution >= 4 is 50.5 Å². The van der Waals surface area contributed by atoms with Crippen LogP contribution in [0.4, 0.5) is 5.69 Å². The minimum Gasteiger partial charge on any atom is -0.352 e. The van der Waals surface area contributed by atoms with E-state index in [1.807, 2.05) is 0 Å². The first kappa shape index (κ1) is 19.0. The lowest BCUT2D eigenvalue weighted by atomic mass is 10.2. The fraction of sp³-hybridized carbons (Fsp3) is 0.467. The molecule has 0 aliphatic carbocycles. The highest BCUT2D eigenvalue weighted by atomic mass is 35.5. The maximum Gasteiger partial charge on any atom is 0.223 e. The van der Waals surface area contributed by atoms with Crippen LogP contribution in [-0.4, -0.2) is 44.3 Å². The van der Waals surface area contributed by atoms with E-state index in [9.17, 15) is 18.0 Å². The number of anilines is 1. The summed E-state index contributed by atoms with van der Waals surface area (Å²) in [7, 11) is -3.05. The summed E-state index contributed by atoms with van der Waals surface area (Å²) in [6.45, 7) is 1.50. The van der Waals surface area contributed by atoms with Crippen LogP contribution in [0.5, 0.6) is 0 Å². The highest BCUT2D eigenvalue weighted by molar-refractivity contribution is 7.91. The summed E-state index contributed by atoms with van der Waals surface area (Å²) in [6, 6.07) is 4.57. The molecule has 1 aromatic rings. The van der Waals surface area contributed by atoms with Crippen molar-refractivity contribution in [2.75, 3.05) is 23.0 Å². The Morgan fingerprint density at radius 2 is 2.04 bits per heavy atom. The fourth-order valence-electron chi connectivity index (χ4n) is 2.57. The number of halogens is 2. The monoisotopic (exact) mass is 392 g/mol. The highest BCUT2D eigenvalue weighted by Gasteiger charge is 2.29. The van der Waals surface area contributed by atoms with Crippen LogP contribution in [0.2, 0.25) is 10.0 Å². The molecule has 24 heavy (non-hydrogen) atoms. The minimum atomic E-state index is -3.05. The van der Waals surface area contributed by atoms with Crippen LogP contribution < -0.4 is 10.2 Å². The molecule has 2 rings (SSSR count). The molecule has 1 unspecified atom stereocenters. The molecule has 0 bridgehead atoms. The average Bonchev–Trinajstić information content (AvgIpc) is 2.82. The second-order valence-electron chi connectivity index (χ2n) is 5.66. The molecule has 1 heterocycles. The number of sulfone groups is 1. The molecule has 1 N–H and O–H groups in total. The molecular formula is C15H18Cl2N2O4S. The van der Waals surface area contributed by atoms with Crippen LogP contribution in [0.25, 0.3) is 0 Å². The summed E-state index contributed by atoms with van der Waals surface area (Å²) in [6.07, 6.45) is 0.462. The van der Waals surface area contributed by atoms with Gasteiger partial charge < -0.3 is 10.2 Å². The van der Waals surface area contributed by atoms with Gasteiger partial charge in [-0.05, 0) is 18.6 Å². The van der Waals surface area contributed by atoms with Crippen LogP contribution in [0, 0.1) is 0 Å². The standard InChI is InChI=1S/C15H18Cl2N2O4S/c1-10(20)19(13-4-2-3-12(16)15(13)17)7-5-14(21)18-11-6-8-24(22,23)9-11/h2-4,11H,5-9H2,1H3,(H,18,21). The van der Waals surface area contributed by atoms with Crippen LogP contribution >= 0.6 is 23.2 Å². The Hall–Kier alpha value is -1.31. The molecule has 2 amide bonds. The number of nitrogens with one attached hydrogen (secondary N) is 1. The number of carbonyl (C=O) groups excluding carboxylic acids is 2. The Morgan fingerprint density at radius 1 is 1.33 bits per heavy atom. The van der Waals surface area contributed by atoms with Gasteiger partial charge in [0, 0.05) is 25.9 Å². The van der Waals surface area contributed by atoms with Gasteiger partial charge in [-0.25, -0.2) is 8.42 Å². The van der Waals surface area contributed by atoms with Gasteiger partial charge >= 0.3 is 0 Å². The molecule has 0 aromatic heterocycles. The molecule has 1 aromatic carbocycles. The van der Waals surface area contributed by atoms with E-state index in [1.54, 1.807) is 18.2 Å². The van der Waals surface area contributed by atoms with Gasteiger partial charge in [0.05, 0.1) is 27.2 Å². The molecule has 1 saturated heterocycles. The summed E-state index contributed by atoms with van der Waals surface area (Å²) >= 11 is 12.1. The van der Waals surface area contributed by atoms with Gasteiger partial charge in [0.2, 0.25) is 11.8 Å². The second kappa shape index (κ2) is 7.72. The van der Waals surface area contributed by atoms with E-state index in [1.165, 1.54) is 11.8 Å². The van der Waals surface area contributed by atoms with Crippen molar-refractivity contribution in [2.24, 2.45) is 0 Å². The van der Waals surface area contributed by atoms with Crippen molar-refractivity contribution in [2.45, 2.75) is 25.8 Å². The van der Waals surface area contributed by atoms with Crippen molar-refractivity contribution in [3.8, 4) is 0 Å². The first-order valence-electron chi connectivity index (χ1n) is 7.41. The van der Waals surface area contributed by atoms with E-state index in [0.29, 0.717) is 17.1 Å². The van der Waals surface area contributed by atoms with E-state index in [2.05, 4.69) is 5.32 Å². The van der Waals surface area contributed by atoms with Gasteiger partial charge in [0.15, 0.2) is 9.84 Å². The molecule has 0 spiro atoms. The third-order valence-electron chi connectivity index (χ3n) is 3.76. The van der Waals surface area contributed by atoms with Crippen molar-refractivity contribution in [3.05, 3.63) is 28.2 Å². The van der Waals surface area contributed by atoms with Gasteiger partial charge in [0.1, 0.15) is 0 Å². The molecule has 1 atom stereocenters. The van der Waals surface area contributed by atoms with Crippen LogP contribution in [0.1, 0.15) is 19.8 Å². The Bertz CT molecular complexity index is 752. The number of amides is 2. The van der Waals surface area contributed by atoms with E-state index in [4.69, 9.17) is 23.2 Å². The molecule has 1 fully saturated rings. The Kier molecular flexibility index (Phi) is 6.11. The van der Waals surface area contributed by atoms with Gasteiger partial charge in [-0.1, -0.05) is 29.3 Å². The lowest BCUT2D eigenvalue weighted by Crippen LogP contribution is -2.38. The average molecular weight is 393 g/mol. The maximum atomic E-state index is 12.0. The van der Waals surface area contributed by atoms with Crippen LogP contribution in [-0.2, 0) is 19.4 Å². The van der Waals surface area contributed by atoms with Crippen LogP contribution in [0.3, 0.4) is 0 Å². The zero-order valence-corrected chi connectivity index (χ0v) is 15.4. The summed E-state index contributed by atoms with van der Waals surface area (Å²) in [4.78, 5) is 25.3. The lowest BCUT2D eigenvalue weighted by Gasteiger charge is -2.23. The molecular weight excluding hydrogens is 375 g/mol. The molecule has 6 nitrogen and oxygen atoms in total. The summed E-state index contributed by atoms with van der Waals surface area (Å²) in [5.74, 6) is -0.512. The molecule has 1 aliphatic heterocycles. The molecule has 132 valence electrons. The third-order valence-corrected chi connectivity index (χ3v) is 6.34. The predicted octanol–water partition coefficient (Wildman–Crippen LogP) is 2.04. The van der Waals surface area contributed by atoms with Crippen molar-refractivity contribution in [3.63, 3.8) is 0 Å². The number of nitrogens with zero attached hydrogens (tertiary/aromatic N) is 1. The van der Waals surface area contributed by atoms with E-state index in [-0.39, 0.29) is 47.4 Å². The minimum absolute atomic E-state index is 0.0325. The van der Waals surface area contributed by atoms with E-state index < -0.39 is 9.84 Å². The van der Waals surface area contributed by atoms with Gasteiger partial charge in [-0.2, -0.15) is 0 Å². The first-order chi connectivity index (χ1) is 11.2. The van der Waals surface area contributed by atoms with Crippen molar-refractivity contribution in [1.82, 2.24) is 5.32 Å². The zero-order valence-electron chi connectivity index (χ0n) is 13.1. The Labute approximate surface area is 151 Å². The van der Waals surface area contributed by atoms with Crippen molar-refractivity contribution in [1.29, 1.82) is 0 Å². The summed E-state index contributed by atoms with van der Waals surface area (Å²) < 4.78 is 22.8. The quantitative estimate of drug-likeness (QED) is 0.830. The van der Waals surface area contributed by atoms with Gasteiger partial charge in [-0.3, -0.25) is 9.59 Å². The van der Waals surface area contributed by atoms with Crippen molar-refractivity contribution < 1.29 is 18.0 Å². The smallest absolute Gasteiger partial charge is 0.223 e. The Balaban J connectivity index is 1.98. The Morgan fingerprint density at radius 3 is 2.62 bits per heavy atom.